The Hall–Kier alpha value is -3.09. The van der Waals surface area contributed by atoms with E-state index >= 15 is 0 Å². The van der Waals surface area contributed by atoms with Crippen LogP contribution in [0.25, 0.3) is 11.4 Å². The van der Waals surface area contributed by atoms with Gasteiger partial charge in [-0.2, -0.15) is 0 Å². The summed E-state index contributed by atoms with van der Waals surface area (Å²) in [5.41, 5.74) is 2.54. The molecule has 2 N–H and O–H groups in total. The minimum absolute atomic E-state index is 0.138. The number of nitrogens with one attached hydrogen (secondary N) is 2. The number of hydrogen-bond donors (Lipinski definition) is 2. The third-order valence-electron chi connectivity index (χ3n) is 5.62. The largest absolute Gasteiger partial charge is 0.376 e. The van der Waals surface area contributed by atoms with E-state index in [9.17, 15) is 18.0 Å². The molecule has 2 amide bonds. The molecule has 4 heterocycles. The van der Waals surface area contributed by atoms with E-state index in [0.717, 1.165) is 34.5 Å². The number of amides is 2. The van der Waals surface area contributed by atoms with E-state index in [1.165, 1.54) is 29.8 Å². The number of carbonyl (C=O) groups excluding carboxylic acids is 2. The lowest BCUT2D eigenvalue weighted by atomic mass is 9.89. The minimum Gasteiger partial charge on any atom is -0.376 e. The van der Waals surface area contributed by atoms with Crippen LogP contribution in [-0.2, 0) is 19.6 Å². The summed E-state index contributed by atoms with van der Waals surface area (Å²) < 4.78 is 29.8. The summed E-state index contributed by atoms with van der Waals surface area (Å²) in [5.74, 6) is -0.682. The fourth-order valence-corrected chi connectivity index (χ4v) is 5.37. The van der Waals surface area contributed by atoms with Crippen LogP contribution in [0.5, 0.6) is 0 Å². The van der Waals surface area contributed by atoms with Crippen LogP contribution >= 0.6 is 11.3 Å². The highest BCUT2D eigenvalue weighted by atomic mass is 32.2. The van der Waals surface area contributed by atoms with Gasteiger partial charge in [-0.15, -0.1) is 11.3 Å². The third kappa shape index (κ3) is 6.32. The van der Waals surface area contributed by atoms with Crippen molar-refractivity contribution < 1.29 is 22.7 Å². The Labute approximate surface area is 207 Å². The van der Waals surface area contributed by atoms with Gasteiger partial charge in [0, 0.05) is 29.4 Å². The molecule has 4 rings (SSSR count). The maximum absolute atomic E-state index is 12.3. The van der Waals surface area contributed by atoms with E-state index < -0.39 is 21.8 Å². The molecule has 0 spiro atoms. The SMILES string of the molecule is CC1CC(c2cccc(-c3csc(NC(=O)CNC(=O)c4ccn(S(C)(=O)=O)c4)n3)n2)CC(C)O1. The van der Waals surface area contributed by atoms with E-state index in [2.05, 4.69) is 29.5 Å². The van der Waals surface area contributed by atoms with Gasteiger partial charge in [-0.25, -0.2) is 13.4 Å². The molecule has 3 aromatic heterocycles. The molecule has 1 aliphatic rings. The standard InChI is InChI=1S/C23H27N5O5S2/c1-14-9-17(10-15(2)33-14)18-5-4-6-19(25-18)20-13-34-23(26-20)27-21(29)11-24-22(30)16-7-8-28(12-16)35(3,31)32/h4-8,12-15,17H,9-11H2,1-3H3,(H,24,30)(H,26,27,29). The molecule has 10 nitrogen and oxygen atoms in total. The van der Waals surface area contributed by atoms with E-state index in [1.54, 1.807) is 0 Å². The smallest absolute Gasteiger partial charge is 0.253 e. The van der Waals surface area contributed by atoms with Crippen LogP contribution < -0.4 is 10.6 Å². The first-order valence-electron chi connectivity index (χ1n) is 11.1. The molecule has 186 valence electrons. The summed E-state index contributed by atoms with van der Waals surface area (Å²) >= 11 is 1.27. The number of ether oxygens (including phenoxy) is 1. The van der Waals surface area contributed by atoms with Gasteiger partial charge in [0.05, 0.1) is 36.3 Å². The van der Waals surface area contributed by atoms with Gasteiger partial charge in [-0.05, 0) is 44.9 Å². The van der Waals surface area contributed by atoms with Crippen LogP contribution in [-0.4, -0.2) is 59.2 Å². The minimum atomic E-state index is -3.48. The Morgan fingerprint density at radius 2 is 1.89 bits per heavy atom. The Morgan fingerprint density at radius 1 is 1.14 bits per heavy atom. The van der Waals surface area contributed by atoms with Crippen molar-refractivity contribution in [2.45, 2.75) is 44.8 Å². The Bertz CT molecular complexity index is 1320. The summed E-state index contributed by atoms with van der Waals surface area (Å²) in [6.45, 7) is 3.87. The van der Waals surface area contributed by atoms with Gasteiger partial charge in [-0.3, -0.25) is 18.5 Å². The van der Waals surface area contributed by atoms with Gasteiger partial charge in [-0.1, -0.05) is 6.07 Å². The fourth-order valence-electron chi connectivity index (χ4n) is 4.06. The summed E-state index contributed by atoms with van der Waals surface area (Å²) in [6, 6.07) is 7.25. The summed E-state index contributed by atoms with van der Waals surface area (Å²) in [7, 11) is -3.48. The highest BCUT2D eigenvalue weighted by molar-refractivity contribution is 7.89. The van der Waals surface area contributed by atoms with Crippen molar-refractivity contribution in [2.24, 2.45) is 0 Å². The van der Waals surface area contributed by atoms with E-state index in [4.69, 9.17) is 9.72 Å². The molecule has 1 saturated heterocycles. The molecular formula is C23H27N5O5S2. The molecular weight excluding hydrogens is 490 g/mol. The lowest BCUT2D eigenvalue weighted by Gasteiger charge is -2.31. The number of pyridine rings is 1. The average Bonchev–Trinajstić information content (AvgIpc) is 3.47. The predicted octanol–water partition coefficient (Wildman–Crippen LogP) is 2.85. The first-order chi connectivity index (χ1) is 16.6. The number of thiazole rings is 1. The maximum Gasteiger partial charge on any atom is 0.253 e. The second kappa shape index (κ2) is 10.3. The second-order valence-corrected chi connectivity index (χ2v) is 11.4. The molecule has 0 saturated carbocycles. The van der Waals surface area contributed by atoms with Crippen molar-refractivity contribution in [1.82, 2.24) is 19.3 Å². The van der Waals surface area contributed by atoms with Crippen molar-refractivity contribution in [3.05, 3.63) is 53.3 Å². The van der Waals surface area contributed by atoms with Crippen LogP contribution in [0.1, 0.15) is 48.7 Å². The average molecular weight is 518 g/mol. The van der Waals surface area contributed by atoms with Gasteiger partial charge in [0.15, 0.2) is 5.13 Å². The van der Waals surface area contributed by atoms with Gasteiger partial charge in [0.25, 0.3) is 5.91 Å². The van der Waals surface area contributed by atoms with Gasteiger partial charge >= 0.3 is 0 Å². The van der Waals surface area contributed by atoms with Gasteiger partial charge < -0.3 is 15.4 Å². The lowest BCUT2D eigenvalue weighted by Crippen LogP contribution is -2.32. The van der Waals surface area contributed by atoms with Crippen LogP contribution in [0.4, 0.5) is 5.13 Å². The number of aromatic nitrogens is 3. The number of carbonyl (C=O) groups is 2. The van der Waals surface area contributed by atoms with Crippen molar-refractivity contribution in [3.8, 4) is 11.4 Å². The molecule has 0 aliphatic carbocycles. The van der Waals surface area contributed by atoms with Gasteiger partial charge in [0.1, 0.15) is 5.69 Å². The van der Waals surface area contributed by atoms with E-state index in [-0.39, 0.29) is 24.3 Å². The number of anilines is 1. The topological polar surface area (TPSA) is 132 Å². The van der Waals surface area contributed by atoms with Crippen LogP contribution in [0.15, 0.2) is 42.0 Å². The zero-order chi connectivity index (χ0) is 25.2. The van der Waals surface area contributed by atoms with Crippen LogP contribution in [0.3, 0.4) is 0 Å². The monoisotopic (exact) mass is 517 g/mol. The van der Waals surface area contributed by atoms with E-state index in [1.807, 2.05) is 23.6 Å². The summed E-state index contributed by atoms with van der Waals surface area (Å²) in [5, 5.41) is 7.35. The normalized spacial score (nSPS) is 20.4. The van der Waals surface area contributed by atoms with Crippen molar-refractivity contribution in [2.75, 3.05) is 18.1 Å². The number of rotatable bonds is 7. The van der Waals surface area contributed by atoms with Crippen molar-refractivity contribution >= 4 is 38.3 Å². The van der Waals surface area contributed by atoms with Crippen molar-refractivity contribution in [3.63, 3.8) is 0 Å². The molecule has 1 aliphatic heterocycles. The first kappa shape index (κ1) is 25.0. The quantitative estimate of drug-likeness (QED) is 0.492. The van der Waals surface area contributed by atoms with Crippen LogP contribution in [0.2, 0.25) is 0 Å². The van der Waals surface area contributed by atoms with Crippen LogP contribution in [0, 0.1) is 0 Å². The fraction of sp³-hybridized carbons (Fsp3) is 0.391. The Balaban J connectivity index is 1.35. The third-order valence-corrected chi connectivity index (χ3v) is 7.37. The maximum atomic E-state index is 12.3. The zero-order valence-electron chi connectivity index (χ0n) is 19.6. The second-order valence-electron chi connectivity index (χ2n) is 8.64. The zero-order valence-corrected chi connectivity index (χ0v) is 21.2. The molecule has 2 unspecified atom stereocenters. The summed E-state index contributed by atoms with van der Waals surface area (Å²) in [4.78, 5) is 33.8. The predicted molar refractivity (Wildman–Crippen MR) is 133 cm³/mol. The molecule has 35 heavy (non-hydrogen) atoms. The molecule has 0 aromatic carbocycles. The highest BCUT2D eigenvalue weighted by Gasteiger charge is 2.26. The van der Waals surface area contributed by atoms with E-state index in [0.29, 0.717) is 16.7 Å². The molecule has 12 heteroatoms. The number of hydrogen-bond acceptors (Lipinski definition) is 8. The van der Waals surface area contributed by atoms with Gasteiger partial charge in [0.2, 0.25) is 15.9 Å². The highest BCUT2D eigenvalue weighted by Crippen LogP contribution is 2.33. The lowest BCUT2D eigenvalue weighted by molar-refractivity contribution is -0.115. The Morgan fingerprint density at radius 3 is 2.57 bits per heavy atom. The molecule has 0 radical (unpaired) electrons. The molecule has 1 fully saturated rings. The first-order valence-corrected chi connectivity index (χ1v) is 13.9. The number of nitrogens with zero attached hydrogens (tertiary/aromatic N) is 3. The Kier molecular flexibility index (Phi) is 7.33. The molecule has 3 aromatic rings. The van der Waals surface area contributed by atoms with Crippen molar-refractivity contribution in [1.29, 1.82) is 0 Å². The summed E-state index contributed by atoms with van der Waals surface area (Å²) in [6.07, 6.45) is 5.72. The molecule has 2 atom stereocenters. The molecule has 0 bridgehead atoms.